The number of para-hydroxylation sites is 2. The molecule has 0 aliphatic heterocycles. The first kappa shape index (κ1) is 27.8. The molecular formula is C31H37N3O5. The Morgan fingerprint density at radius 2 is 1.62 bits per heavy atom. The quantitative estimate of drug-likeness (QED) is 0.236. The number of rotatable bonds is 12. The Bertz CT molecular complexity index is 1390. The van der Waals surface area contributed by atoms with Crippen LogP contribution < -0.4 is 24.3 Å². The van der Waals surface area contributed by atoms with E-state index < -0.39 is 0 Å². The molecule has 1 aromatic heterocycles. The van der Waals surface area contributed by atoms with Crippen molar-refractivity contribution < 1.29 is 23.7 Å². The summed E-state index contributed by atoms with van der Waals surface area (Å²) in [5.74, 6) is 3.08. The molecule has 4 rings (SSSR count). The van der Waals surface area contributed by atoms with Gasteiger partial charge in [-0.3, -0.25) is 4.79 Å². The molecule has 2 atom stereocenters. The number of methoxy groups -OCH3 is 3. The van der Waals surface area contributed by atoms with Gasteiger partial charge in [-0.25, -0.2) is 4.98 Å². The average molecular weight is 532 g/mol. The normalized spacial score (nSPS) is 12.6. The molecule has 1 heterocycles. The molecule has 4 aromatic rings. The first-order chi connectivity index (χ1) is 18.9. The zero-order valence-corrected chi connectivity index (χ0v) is 23.5. The van der Waals surface area contributed by atoms with Crippen LogP contribution in [-0.2, 0) is 6.54 Å². The summed E-state index contributed by atoms with van der Waals surface area (Å²) in [6, 6.07) is 19.1. The molecule has 0 saturated carbocycles. The Balaban J connectivity index is 1.52. The minimum absolute atomic E-state index is 0.280. The third-order valence-electron chi connectivity index (χ3n) is 6.99. The largest absolute Gasteiger partial charge is 0.493 e. The Hall–Kier alpha value is -4.20. The van der Waals surface area contributed by atoms with E-state index in [1.54, 1.807) is 12.1 Å². The molecule has 1 N–H and O–H groups in total. The Labute approximate surface area is 229 Å². The highest BCUT2D eigenvalue weighted by atomic mass is 16.5. The SMILES string of the molecule is CCC(C)c1ccc(OCCn2c(C(C)NC(=O)c3cc(OC)c(OC)c(OC)c3)nc3ccccc32)cc1. The van der Waals surface area contributed by atoms with Gasteiger partial charge >= 0.3 is 0 Å². The smallest absolute Gasteiger partial charge is 0.252 e. The van der Waals surface area contributed by atoms with Gasteiger partial charge in [0.05, 0.1) is 44.9 Å². The monoisotopic (exact) mass is 531 g/mol. The second kappa shape index (κ2) is 12.6. The second-order valence-corrected chi connectivity index (χ2v) is 9.45. The third kappa shape index (κ3) is 6.11. The minimum Gasteiger partial charge on any atom is -0.493 e. The summed E-state index contributed by atoms with van der Waals surface area (Å²) in [5.41, 5.74) is 3.55. The van der Waals surface area contributed by atoms with Crippen LogP contribution in [-0.4, -0.2) is 43.4 Å². The highest BCUT2D eigenvalue weighted by molar-refractivity contribution is 5.96. The van der Waals surface area contributed by atoms with Crippen LogP contribution in [0.15, 0.2) is 60.7 Å². The molecule has 0 aliphatic rings. The zero-order chi connectivity index (χ0) is 27.9. The van der Waals surface area contributed by atoms with Crippen molar-refractivity contribution in [1.82, 2.24) is 14.9 Å². The van der Waals surface area contributed by atoms with Crippen LogP contribution in [0.25, 0.3) is 11.0 Å². The third-order valence-corrected chi connectivity index (χ3v) is 6.99. The summed E-state index contributed by atoms with van der Waals surface area (Å²) in [6.45, 7) is 7.37. The topological polar surface area (TPSA) is 83.8 Å². The molecule has 8 heteroatoms. The van der Waals surface area contributed by atoms with Gasteiger partial charge in [0, 0.05) is 5.56 Å². The van der Waals surface area contributed by atoms with Crippen LogP contribution in [0.3, 0.4) is 0 Å². The van der Waals surface area contributed by atoms with Crippen LogP contribution in [0.4, 0.5) is 0 Å². The van der Waals surface area contributed by atoms with E-state index >= 15 is 0 Å². The average Bonchev–Trinajstić information content (AvgIpc) is 3.34. The summed E-state index contributed by atoms with van der Waals surface area (Å²) in [6.07, 6.45) is 1.10. The molecule has 2 unspecified atom stereocenters. The number of ether oxygens (including phenoxy) is 4. The van der Waals surface area contributed by atoms with Crippen LogP contribution in [0.5, 0.6) is 23.0 Å². The molecule has 0 spiro atoms. The minimum atomic E-state index is -0.376. The molecule has 3 aromatic carbocycles. The van der Waals surface area contributed by atoms with Crippen molar-refractivity contribution in [2.24, 2.45) is 0 Å². The number of hydrogen-bond acceptors (Lipinski definition) is 6. The molecule has 0 fully saturated rings. The predicted octanol–water partition coefficient (Wildman–Crippen LogP) is 6.15. The lowest BCUT2D eigenvalue weighted by Gasteiger charge is -2.18. The van der Waals surface area contributed by atoms with Crippen molar-refractivity contribution in [3.63, 3.8) is 0 Å². The summed E-state index contributed by atoms with van der Waals surface area (Å²) in [7, 11) is 4.57. The molecule has 0 bridgehead atoms. The van der Waals surface area contributed by atoms with Gasteiger partial charge in [-0.15, -0.1) is 0 Å². The highest BCUT2D eigenvalue weighted by Gasteiger charge is 2.22. The lowest BCUT2D eigenvalue weighted by Crippen LogP contribution is -2.29. The first-order valence-corrected chi connectivity index (χ1v) is 13.2. The van der Waals surface area contributed by atoms with Crippen LogP contribution in [0, 0.1) is 0 Å². The number of fused-ring (bicyclic) bond motifs is 1. The summed E-state index contributed by atoms with van der Waals surface area (Å²) < 4.78 is 24.4. The summed E-state index contributed by atoms with van der Waals surface area (Å²) in [5, 5.41) is 3.07. The van der Waals surface area contributed by atoms with Gasteiger partial charge in [0.2, 0.25) is 5.75 Å². The molecule has 1 amide bonds. The van der Waals surface area contributed by atoms with Crippen LogP contribution >= 0.6 is 0 Å². The van der Waals surface area contributed by atoms with E-state index in [-0.39, 0.29) is 11.9 Å². The van der Waals surface area contributed by atoms with E-state index in [4.69, 9.17) is 23.9 Å². The van der Waals surface area contributed by atoms with Crippen molar-refractivity contribution in [2.45, 2.75) is 45.7 Å². The zero-order valence-electron chi connectivity index (χ0n) is 23.5. The van der Waals surface area contributed by atoms with E-state index in [9.17, 15) is 4.79 Å². The number of hydrogen-bond donors (Lipinski definition) is 1. The van der Waals surface area contributed by atoms with Crippen molar-refractivity contribution in [2.75, 3.05) is 27.9 Å². The summed E-state index contributed by atoms with van der Waals surface area (Å²) in [4.78, 5) is 18.1. The number of carbonyl (C=O) groups excluding carboxylic acids is 1. The number of amides is 1. The number of imidazole rings is 1. The number of aromatic nitrogens is 2. The first-order valence-electron chi connectivity index (χ1n) is 13.2. The van der Waals surface area contributed by atoms with Crippen LogP contribution in [0.2, 0.25) is 0 Å². The van der Waals surface area contributed by atoms with Crippen LogP contribution in [0.1, 0.15) is 60.9 Å². The fourth-order valence-electron chi connectivity index (χ4n) is 4.60. The van der Waals surface area contributed by atoms with Gasteiger partial charge in [0.1, 0.15) is 18.2 Å². The van der Waals surface area contributed by atoms with Crippen molar-refractivity contribution in [1.29, 1.82) is 0 Å². The molecule has 0 radical (unpaired) electrons. The van der Waals surface area contributed by atoms with Gasteiger partial charge < -0.3 is 28.8 Å². The Morgan fingerprint density at radius 3 is 2.23 bits per heavy atom. The number of benzene rings is 3. The highest BCUT2D eigenvalue weighted by Crippen LogP contribution is 2.38. The van der Waals surface area contributed by atoms with Gasteiger partial charge in [-0.05, 0) is 61.2 Å². The standard InChI is InChI=1S/C31H37N3O5/c1-7-20(2)22-12-14-24(15-13-22)39-17-16-34-26-11-9-8-10-25(26)33-30(34)21(3)32-31(35)23-18-27(36-4)29(38-6)28(19-23)37-5/h8-15,18-21H,7,16-17H2,1-6H3,(H,32,35). The number of nitrogens with one attached hydrogen (secondary N) is 1. The fraction of sp³-hybridized carbons (Fsp3) is 0.355. The van der Waals surface area contributed by atoms with Gasteiger partial charge in [0.25, 0.3) is 5.91 Å². The number of nitrogens with zero attached hydrogens (tertiary/aromatic N) is 2. The van der Waals surface area contributed by atoms with E-state index in [2.05, 4.69) is 35.9 Å². The lowest BCUT2D eigenvalue weighted by molar-refractivity contribution is 0.0936. The van der Waals surface area contributed by atoms with Crippen molar-refractivity contribution in [3.05, 3.63) is 77.6 Å². The second-order valence-electron chi connectivity index (χ2n) is 9.45. The summed E-state index contributed by atoms with van der Waals surface area (Å²) >= 11 is 0. The maximum absolute atomic E-state index is 13.3. The van der Waals surface area contributed by atoms with Crippen molar-refractivity contribution >= 4 is 16.9 Å². The lowest BCUT2D eigenvalue weighted by atomic mass is 9.99. The Morgan fingerprint density at radius 1 is 0.949 bits per heavy atom. The van der Waals surface area contributed by atoms with Gasteiger partial charge in [-0.1, -0.05) is 38.1 Å². The van der Waals surface area contributed by atoms with E-state index in [0.29, 0.717) is 41.9 Å². The maximum Gasteiger partial charge on any atom is 0.252 e. The molecule has 0 aliphatic carbocycles. The fourth-order valence-corrected chi connectivity index (χ4v) is 4.60. The molecule has 0 saturated heterocycles. The number of carbonyl (C=O) groups is 1. The van der Waals surface area contributed by atoms with Gasteiger partial charge in [-0.2, -0.15) is 0 Å². The van der Waals surface area contributed by atoms with Gasteiger partial charge in [0.15, 0.2) is 11.5 Å². The molecule has 39 heavy (non-hydrogen) atoms. The molecule has 206 valence electrons. The molecule has 8 nitrogen and oxygen atoms in total. The van der Waals surface area contributed by atoms with E-state index in [0.717, 1.165) is 29.0 Å². The van der Waals surface area contributed by atoms with Crippen molar-refractivity contribution in [3.8, 4) is 23.0 Å². The van der Waals surface area contributed by atoms with E-state index in [1.807, 2.05) is 43.3 Å². The predicted molar refractivity (Wildman–Crippen MR) is 152 cm³/mol. The van der Waals surface area contributed by atoms with E-state index in [1.165, 1.54) is 26.9 Å². The molecular weight excluding hydrogens is 494 g/mol. The Kier molecular flexibility index (Phi) is 8.96. The maximum atomic E-state index is 13.3.